The number of amides is 2. The highest BCUT2D eigenvalue weighted by atomic mass is 16.5. The van der Waals surface area contributed by atoms with Crippen LogP contribution in [0.2, 0.25) is 0 Å². The number of hydrogen-bond donors (Lipinski definition) is 0. The highest BCUT2D eigenvalue weighted by Gasteiger charge is 2.54. The van der Waals surface area contributed by atoms with Gasteiger partial charge in [-0.05, 0) is 18.9 Å². The maximum absolute atomic E-state index is 13.2. The third-order valence-corrected chi connectivity index (χ3v) is 5.47. The Bertz CT molecular complexity index is 653. The van der Waals surface area contributed by atoms with E-state index in [2.05, 4.69) is 14.9 Å². The summed E-state index contributed by atoms with van der Waals surface area (Å²) in [5, 5.41) is 0. The quantitative estimate of drug-likeness (QED) is 0.765. The van der Waals surface area contributed by atoms with Gasteiger partial charge in [0.1, 0.15) is 6.61 Å². The molecule has 0 N–H and O–H groups in total. The summed E-state index contributed by atoms with van der Waals surface area (Å²) >= 11 is 0. The molecule has 1 aromatic heterocycles. The number of nitrogens with zero attached hydrogens (tertiary/aromatic N) is 5. The molecule has 0 aromatic carbocycles. The molecule has 8 heteroatoms. The molecule has 0 radical (unpaired) electrons. The lowest BCUT2D eigenvalue weighted by Crippen LogP contribution is -2.48. The molecule has 142 valence electrons. The topological polar surface area (TPSA) is 78.9 Å². The third-order valence-electron chi connectivity index (χ3n) is 5.47. The van der Waals surface area contributed by atoms with Crippen molar-refractivity contribution in [2.75, 3.05) is 58.9 Å². The van der Waals surface area contributed by atoms with Crippen molar-refractivity contribution in [3.8, 4) is 0 Å². The van der Waals surface area contributed by atoms with Crippen molar-refractivity contribution in [1.82, 2.24) is 19.8 Å². The summed E-state index contributed by atoms with van der Waals surface area (Å²) in [6.07, 6.45) is 4.99. The van der Waals surface area contributed by atoms with Crippen molar-refractivity contribution in [2.45, 2.75) is 12.8 Å². The summed E-state index contributed by atoms with van der Waals surface area (Å²) in [5.41, 5.74) is -0.509. The molecule has 0 unspecified atom stereocenters. The van der Waals surface area contributed by atoms with E-state index < -0.39 is 5.41 Å². The van der Waals surface area contributed by atoms with E-state index in [4.69, 9.17) is 4.74 Å². The second-order valence-electron chi connectivity index (χ2n) is 7.36. The molecule has 3 rings (SSSR count). The first-order valence-corrected chi connectivity index (χ1v) is 8.98. The van der Waals surface area contributed by atoms with Gasteiger partial charge < -0.3 is 19.4 Å². The lowest BCUT2D eigenvalue weighted by Gasteiger charge is -2.34. The number of anilines is 1. The van der Waals surface area contributed by atoms with Gasteiger partial charge in [-0.2, -0.15) is 0 Å². The van der Waals surface area contributed by atoms with Crippen molar-refractivity contribution in [3.05, 3.63) is 18.5 Å². The van der Waals surface area contributed by atoms with E-state index in [0.29, 0.717) is 32.1 Å². The molecule has 0 bridgehead atoms. The van der Waals surface area contributed by atoms with E-state index in [0.717, 1.165) is 12.8 Å². The van der Waals surface area contributed by atoms with Gasteiger partial charge in [0.15, 0.2) is 0 Å². The van der Waals surface area contributed by atoms with Crippen LogP contribution in [0.3, 0.4) is 0 Å². The molecule has 2 amide bonds. The van der Waals surface area contributed by atoms with Gasteiger partial charge in [-0.1, -0.05) is 0 Å². The number of carbonyl (C=O) groups excluding carboxylic acids is 2. The normalized spacial score (nSPS) is 25.6. The minimum atomic E-state index is -0.509. The summed E-state index contributed by atoms with van der Waals surface area (Å²) < 4.78 is 5.01. The fraction of sp³-hybridized carbons (Fsp3) is 0.667. The second-order valence-corrected chi connectivity index (χ2v) is 7.36. The zero-order chi connectivity index (χ0) is 18.7. The highest BCUT2D eigenvalue weighted by Crippen LogP contribution is 2.44. The second kappa shape index (κ2) is 7.57. The van der Waals surface area contributed by atoms with Crippen LogP contribution >= 0.6 is 0 Å². The first-order chi connectivity index (χ1) is 12.5. The van der Waals surface area contributed by atoms with Crippen LogP contribution < -0.4 is 4.90 Å². The molecule has 0 spiro atoms. The first-order valence-electron chi connectivity index (χ1n) is 8.98. The zero-order valence-electron chi connectivity index (χ0n) is 15.7. The van der Waals surface area contributed by atoms with Crippen molar-refractivity contribution in [2.24, 2.45) is 11.3 Å². The Morgan fingerprint density at radius 1 is 1.31 bits per heavy atom. The molecule has 2 fully saturated rings. The number of rotatable bonds is 4. The van der Waals surface area contributed by atoms with E-state index in [1.54, 1.807) is 37.5 Å². The Balaban J connectivity index is 1.90. The molecule has 0 aliphatic carbocycles. The van der Waals surface area contributed by atoms with Gasteiger partial charge in [0.2, 0.25) is 17.8 Å². The summed E-state index contributed by atoms with van der Waals surface area (Å²) in [6, 6.07) is 1.78. The van der Waals surface area contributed by atoms with E-state index in [-0.39, 0.29) is 24.3 Å². The molecule has 26 heavy (non-hydrogen) atoms. The molecule has 1 aromatic rings. The van der Waals surface area contributed by atoms with E-state index in [9.17, 15) is 9.59 Å². The Kier molecular flexibility index (Phi) is 5.41. The van der Waals surface area contributed by atoms with E-state index in [1.807, 2.05) is 4.90 Å². The Morgan fingerprint density at radius 2 is 2.04 bits per heavy atom. The third kappa shape index (κ3) is 3.38. The fourth-order valence-corrected chi connectivity index (χ4v) is 4.28. The van der Waals surface area contributed by atoms with Crippen molar-refractivity contribution in [1.29, 1.82) is 0 Å². The van der Waals surface area contributed by atoms with Crippen LogP contribution in [0, 0.1) is 11.3 Å². The number of carbonyl (C=O) groups is 2. The van der Waals surface area contributed by atoms with Crippen LogP contribution in [0.25, 0.3) is 0 Å². The van der Waals surface area contributed by atoms with Gasteiger partial charge >= 0.3 is 0 Å². The SMILES string of the molecule is COCC(=O)N1CCC[C@]2(C(=O)N(C)C)CN(c3ncccn3)C[C@@H]2C1. The molecule has 2 saturated heterocycles. The Hall–Kier alpha value is -2.22. The Morgan fingerprint density at radius 3 is 2.69 bits per heavy atom. The number of methoxy groups -OCH3 is 1. The molecular formula is C18H27N5O3. The van der Waals surface area contributed by atoms with Crippen LogP contribution in [0.1, 0.15) is 12.8 Å². The summed E-state index contributed by atoms with van der Waals surface area (Å²) in [6.45, 7) is 2.56. The molecule has 2 atom stereocenters. The van der Waals surface area contributed by atoms with Gasteiger partial charge in [0, 0.05) is 65.7 Å². The predicted molar refractivity (Wildman–Crippen MR) is 96.6 cm³/mol. The van der Waals surface area contributed by atoms with Gasteiger partial charge in [-0.15, -0.1) is 0 Å². The maximum Gasteiger partial charge on any atom is 0.248 e. The summed E-state index contributed by atoms with van der Waals surface area (Å²) in [5.74, 6) is 0.794. The molecular weight excluding hydrogens is 334 g/mol. The van der Waals surface area contributed by atoms with Gasteiger partial charge in [-0.3, -0.25) is 9.59 Å². The lowest BCUT2D eigenvalue weighted by molar-refractivity contribution is -0.142. The molecule has 2 aliphatic heterocycles. The number of hydrogen-bond acceptors (Lipinski definition) is 6. The van der Waals surface area contributed by atoms with Crippen LogP contribution in [0.4, 0.5) is 5.95 Å². The van der Waals surface area contributed by atoms with E-state index >= 15 is 0 Å². The minimum Gasteiger partial charge on any atom is -0.375 e. The standard InChI is InChI=1S/C18H27N5O3/c1-21(2)16(25)18-6-4-9-22(15(24)12-26-3)10-14(18)11-23(13-18)17-19-7-5-8-20-17/h5,7-8,14H,4,6,9-13H2,1-3H3/t14-,18-/m0/s1. The maximum atomic E-state index is 13.2. The van der Waals surface area contributed by atoms with Gasteiger partial charge in [0.05, 0.1) is 5.41 Å². The van der Waals surface area contributed by atoms with Crippen molar-refractivity contribution in [3.63, 3.8) is 0 Å². The monoisotopic (exact) mass is 361 g/mol. The fourth-order valence-electron chi connectivity index (χ4n) is 4.28. The van der Waals surface area contributed by atoms with Gasteiger partial charge in [-0.25, -0.2) is 9.97 Å². The van der Waals surface area contributed by atoms with Crippen LogP contribution in [0.5, 0.6) is 0 Å². The molecule has 2 aliphatic rings. The predicted octanol–water partition coefficient (Wildman–Crippen LogP) is 0.256. The number of fused-ring (bicyclic) bond motifs is 1. The zero-order valence-corrected chi connectivity index (χ0v) is 15.7. The molecule has 0 saturated carbocycles. The number of aromatic nitrogens is 2. The largest absolute Gasteiger partial charge is 0.375 e. The smallest absolute Gasteiger partial charge is 0.248 e. The average molecular weight is 361 g/mol. The van der Waals surface area contributed by atoms with Crippen LogP contribution in [-0.4, -0.2) is 85.6 Å². The minimum absolute atomic E-state index is 0.0185. The van der Waals surface area contributed by atoms with Crippen LogP contribution in [0.15, 0.2) is 18.5 Å². The average Bonchev–Trinajstić information content (AvgIpc) is 2.90. The number of ether oxygens (including phenoxy) is 1. The lowest BCUT2D eigenvalue weighted by atomic mass is 9.74. The first kappa shape index (κ1) is 18.6. The van der Waals surface area contributed by atoms with Gasteiger partial charge in [0.25, 0.3) is 0 Å². The summed E-state index contributed by atoms with van der Waals surface area (Å²) in [7, 11) is 5.13. The van der Waals surface area contributed by atoms with Crippen molar-refractivity contribution < 1.29 is 14.3 Å². The highest BCUT2D eigenvalue weighted by molar-refractivity contribution is 5.85. The summed E-state index contributed by atoms with van der Waals surface area (Å²) in [4.78, 5) is 39.8. The Labute approximate surface area is 154 Å². The number of likely N-dealkylation sites (tertiary alicyclic amines) is 1. The molecule has 3 heterocycles. The molecule has 8 nitrogen and oxygen atoms in total. The van der Waals surface area contributed by atoms with Crippen LogP contribution in [-0.2, 0) is 14.3 Å². The van der Waals surface area contributed by atoms with Crippen molar-refractivity contribution >= 4 is 17.8 Å². The van der Waals surface area contributed by atoms with E-state index in [1.165, 1.54) is 7.11 Å².